The summed E-state index contributed by atoms with van der Waals surface area (Å²) in [5, 5.41) is 41.4. The lowest BCUT2D eigenvalue weighted by atomic mass is 9.95. The second-order valence-electron chi connectivity index (χ2n) is 9.51. The Hall–Kier alpha value is -4.15. The Labute approximate surface area is 220 Å². The van der Waals surface area contributed by atoms with E-state index in [9.17, 15) is 9.59 Å². The van der Waals surface area contributed by atoms with Crippen molar-refractivity contribution < 1.29 is 29.6 Å². The number of nitrogens with zero attached hydrogens (tertiary/aromatic N) is 4. The van der Waals surface area contributed by atoms with Crippen molar-refractivity contribution >= 4 is 17.6 Å². The van der Waals surface area contributed by atoms with Crippen molar-refractivity contribution in [3.63, 3.8) is 0 Å². The maximum Gasteiger partial charge on any atom is 0.339 e. The summed E-state index contributed by atoms with van der Waals surface area (Å²) in [5.74, 6) is 0.170. The summed E-state index contributed by atoms with van der Waals surface area (Å²) in [5.41, 5.74) is 1.76. The second-order valence-corrected chi connectivity index (χ2v) is 9.51. The minimum atomic E-state index is -1.27. The van der Waals surface area contributed by atoms with Crippen LogP contribution in [-0.2, 0) is 17.6 Å². The molecule has 2 heterocycles. The van der Waals surface area contributed by atoms with E-state index >= 15 is 0 Å². The molecule has 1 aliphatic heterocycles. The normalized spacial score (nSPS) is 15.1. The van der Waals surface area contributed by atoms with Crippen LogP contribution in [-0.4, -0.2) is 54.0 Å². The number of nitrogens with one attached hydrogen (secondary N) is 1. The van der Waals surface area contributed by atoms with E-state index in [1.54, 1.807) is 0 Å². The fraction of sp³-hybridized carbons (Fsp3) is 0.444. The van der Waals surface area contributed by atoms with E-state index in [-0.39, 0.29) is 23.0 Å². The lowest BCUT2D eigenvalue weighted by Crippen LogP contribution is -2.18. The average molecular weight is 524 g/mol. The molecule has 11 nitrogen and oxygen atoms in total. The van der Waals surface area contributed by atoms with E-state index in [0.29, 0.717) is 19.1 Å². The molecule has 38 heavy (non-hydrogen) atoms. The summed E-state index contributed by atoms with van der Waals surface area (Å²) >= 11 is 0. The van der Waals surface area contributed by atoms with E-state index in [4.69, 9.17) is 20.1 Å². The standard InChI is InChI=1S/C20H27N5O2.C7H6O4/c26-20-12-9-15-14-17(10-11-18(15)21-20)27-13-5-4-8-19-22-23-24-25(19)16-6-2-1-3-7-16;8-4-1-2-6(9)5(3-4)7(10)11/h10-11,14,16H,1-9,12-13H2,(H,21,26);1-3,8-9H,(H,10,11). The molecular weight excluding hydrogens is 490 g/mol. The quantitative estimate of drug-likeness (QED) is 0.250. The first-order chi connectivity index (χ1) is 18.4. The SMILES string of the molecule is O=C(O)c1cc(O)ccc1O.O=C1CCc2cc(OCCCCc3nnnn3C3CCCCC3)ccc2N1. The van der Waals surface area contributed by atoms with Crippen LogP contribution in [0.1, 0.15) is 79.2 Å². The van der Waals surface area contributed by atoms with E-state index in [1.165, 1.54) is 38.2 Å². The van der Waals surface area contributed by atoms with Crippen LogP contribution in [0.5, 0.6) is 17.2 Å². The Morgan fingerprint density at radius 2 is 1.87 bits per heavy atom. The predicted molar refractivity (Wildman–Crippen MR) is 138 cm³/mol. The molecule has 5 rings (SSSR count). The van der Waals surface area contributed by atoms with Crippen LogP contribution >= 0.6 is 0 Å². The molecular formula is C27H33N5O6. The monoisotopic (exact) mass is 523 g/mol. The zero-order valence-corrected chi connectivity index (χ0v) is 21.2. The topological polar surface area (TPSA) is 160 Å². The van der Waals surface area contributed by atoms with Crippen LogP contribution in [0.25, 0.3) is 0 Å². The third kappa shape index (κ3) is 7.21. The molecule has 3 aromatic rings. The number of rotatable bonds is 8. The van der Waals surface area contributed by atoms with Gasteiger partial charge in [0.1, 0.15) is 22.8 Å². The summed E-state index contributed by atoms with van der Waals surface area (Å²) in [6, 6.07) is 9.70. The van der Waals surface area contributed by atoms with Gasteiger partial charge >= 0.3 is 5.97 Å². The number of hydrogen-bond acceptors (Lipinski definition) is 8. The van der Waals surface area contributed by atoms with E-state index < -0.39 is 5.97 Å². The molecule has 1 saturated carbocycles. The van der Waals surface area contributed by atoms with Gasteiger partial charge in [-0.15, -0.1) is 5.10 Å². The number of benzene rings is 2. The van der Waals surface area contributed by atoms with Gasteiger partial charge in [-0.05, 0) is 84.5 Å². The van der Waals surface area contributed by atoms with Gasteiger partial charge in [0, 0.05) is 18.5 Å². The molecule has 0 bridgehead atoms. The summed E-state index contributed by atoms with van der Waals surface area (Å²) in [6.45, 7) is 0.677. The van der Waals surface area contributed by atoms with Gasteiger partial charge in [-0.2, -0.15) is 0 Å². The van der Waals surface area contributed by atoms with Crippen LogP contribution in [0.15, 0.2) is 36.4 Å². The predicted octanol–water partition coefficient (Wildman–Crippen LogP) is 4.26. The van der Waals surface area contributed by atoms with E-state index in [2.05, 4.69) is 25.5 Å². The van der Waals surface area contributed by atoms with Gasteiger partial charge < -0.3 is 25.4 Å². The highest BCUT2D eigenvalue weighted by Crippen LogP contribution is 2.29. The third-order valence-corrected chi connectivity index (χ3v) is 6.73. The van der Waals surface area contributed by atoms with Crippen molar-refractivity contribution in [2.75, 3.05) is 11.9 Å². The largest absolute Gasteiger partial charge is 0.508 e. The number of carbonyl (C=O) groups excluding carboxylic acids is 1. The van der Waals surface area contributed by atoms with Crippen LogP contribution < -0.4 is 10.1 Å². The van der Waals surface area contributed by atoms with Gasteiger partial charge in [-0.1, -0.05) is 19.3 Å². The Bertz CT molecular complexity index is 1250. The Morgan fingerprint density at radius 3 is 2.63 bits per heavy atom. The number of fused-ring (bicyclic) bond motifs is 1. The number of hydrogen-bond donors (Lipinski definition) is 4. The van der Waals surface area contributed by atoms with Gasteiger partial charge in [0.15, 0.2) is 5.82 Å². The summed E-state index contributed by atoms with van der Waals surface area (Å²) in [7, 11) is 0. The molecule has 1 amide bonds. The Balaban J connectivity index is 0.000000257. The summed E-state index contributed by atoms with van der Waals surface area (Å²) < 4.78 is 7.95. The molecule has 2 aromatic carbocycles. The van der Waals surface area contributed by atoms with Crippen LogP contribution in [0, 0.1) is 0 Å². The smallest absolute Gasteiger partial charge is 0.339 e. The number of amides is 1. The summed E-state index contributed by atoms with van der Waals surface area (Å²) in [6.07, 6.45) is 10.5. The second kappa shape index (κ2) is 12.9. The molecule has 0 spiro atoms. The van der Waals surface area contributed by atoms with Crippen molar-refractivity contribution in [3.05, 3.63) is 53.3 Å². The van der Waals surface area contributed by atoms with Crippen LogP contribution in [0.4, 0.5) is 5.69 Å². The van der Waals surface area contributed by atoms with Gasteiger partial charge in [0.2, 0.25) is 5.91 Å². The van der Waals surface area contributed by atoms with Crippen molar-refractivity contribution in [1.29, 1.82) is 0 Å². The number of aryl methyl sites for hydroxylation is 2. The number of carboxylic acids is 1. The Morgan fingerprint density at radius 1 is 1.05 bits per heavy atom. The highest BCUT2D eigenvalue weighted by atomic mass is 16.5. The molecule has 0 radical (unpaired) electrons. The molecule has 0 atom stereocenters. The van der Waals surface area contributed by atoms with Crippen molar-refractivity contribution in [2.24, 2.45) is 0 Å². The molecule has 202 valence electrons. The minimum absolute atomic E-state index is 0.0896. The zero-order valence-electron chi connectivity index (χ0n) is 21.2. The number of aromatic hydroxyl groups is 2. The number of carboxylic acid groups (broad SMARTS) is 1. The molecule has 2 aliphatic rings. The third-order valence-electron chi connectivity index (χ3n) is 6.73. The molecule has 1 fully saturated rings. The number of aromatic nitrogens is 4. The van der Waals surface area contributed by atoms with Gasteiger partial charge in [-0.25, -0.2) is 9.48 Å². The number of tetrazole rings is 1. The highest BCUT2D eigenvalue weighted by Gasteiger charge is 2.20. The van der Waals surface area contributed by atoms with Crippen molar-refractivity contribution in [1.82, 2.24) is 20.2 Å². The van der Waals surface area contributed by atoms with Gasteiger partial charge in [0.05, 0.1) is 12.6 Å². The maximum absolute atomic E-state index is 11.4. The fourth-order valence-electron chi connectivity index (χ4n) is 4.71. The van der Waals surface area contributed by atoms with Gasteiger partial charge in [-0.3, -0.25) is 4.79 Å². The summed E-state index contributed by atoms with van der Waals surface area (Å²) in [4.78, 5) is 21.7. The number of phenolic OH excluding ortho intramolecular Hbond substituents is 1. The van der Waals surface area contributed by atoms with Crippen molar-refractivity contribution in [3.8, 4) is 17.2 Å². The lowest BCUT2D eigenvalue weighted by molar-refractivity contribution is -0.116. The Kier molecular flexibility index (Phi) is 9.12. The maximum atomic E-state index is 11.4. The minimum Gasteiger partial charge on any atom is -0.508 e. The first-order valence-corrected chi connectivity index (χ1v) is 13.0. The first-order valence-electron chi connectivity index (χ1n) is 13.0. The number of phenols is 2. The number of unbranched alkanes of at least 4 members (excludes halogenated alkanes) is 1. The number of carbonyl (C=O) groups is 2. The van der Waals surface area contributed by atoms with Crippen molar-refractivity contribution in [2.45, 2.75) is 70.3 Å². The van der Waals surface area contributed by atoms with E-state index in [1.807, 2.05) is 18.2 Å². The van der Waals surface area contributed by atoms with Gasteiger partial charge in [0.25, 0.3) is 0 Å². The molecule has 1 aliphatic carbocycles. The van der Waals surface area contributed by atoms with E-state index in [0.717, 1.165) is 60.6 Å². The average Bonchev–Trinajstić information content (AvgIpc) is 3.39. The van der Waals surface area contributed by atoms with Crippen LogP contribution in [0.2, 0.25) is 0 Å². The number of anilines is 1. The fourth-order valence-corrected chi connectivity index (χ4v) is 4.71. The molecule has 11 heteroatoms. The number of aromatic carboxylic acids is 1. The molecule has 4 N–H and O–H groups in total. The first kappa shape index (κ1) is 26.9. The molecule has 0 saturated heterocycles. The number of ether oxygens (including phenoxy) is 1. The highest BCUT2D eigenvalue weighted by molar-refractivity contribution is 5.94. The molecule has 1 aromatic heterocycles. The lowest BCUT2D eigenvalue weighted by Gasteiger charge is -2.22. The van der Waals surface area contributed by atoms with Crippen LogP contribution in [0.3, 0.4) is 0 Å². The molecule has 0 unspecified atom stereocenters. The zero-order chi connectivity index (χ0) is 26.9.